The van der Waals surface area contributed by atoms with Gasteiger partial charge in [0, 0.05) is 12.6 Å². The van der Waals surface area contributed by atoms with Gasteiger partial charge in [-0.15, -0.1) is 10.2 Å². The number of aromatic nitrogens is 2. The minimum Gasteiger partial charge on any atom is -0.479 e. The minimum atomic E-state index is -0.469. The Labute approximate surface area is 116 Å². The zero-order chi connectivity index (χ0) is 14.1. The number of hydrogen-bond donors (Lipinski definition) is 2. The van der Waals surface area contributed by atoms with Crippen LogP contribution in [0, 0.1) is 0 Å². The molecule has 20 heavy (non-hydrogen) atoms. The van der Waals surface area contributed by atoms with E-state index in [9.17, 15) is 4.79 Å². The van der Waals surface area contributed by atoms with Crippen molar-refractivity contribution in [3.8, 4) is 17.0 Å². The number of nitrogens with one attached hydrogen (secondary N) is 2. The van der Waals surface area contributed by atoms with Gasteiger partial charge >= 0.3 is 0 Å². The number of hydrogen-bond acceptors (Lipinski definition) is 5. The summed E-state index contributed by atoms with van der Waals surface area (Å²) in [6.07, 6.45) is -0.469. The van der Waals surface area contributed by atoms with E-state index < -0.39 is 6.10 Å². The van der Waals surface area contributed by atoms with Gasteiger partial charge in [-0.1, -0.05) is 0 Å². The van der Waals surface area contributed by atoms with Crippen LogP contribution in [0.5, 0.6) is 5.75 Å². The summed E-state index contributed by atoms with van der Waals surface area (Å²) in [6, 6.07) is 9.27. The standard InChI is InChI=1S/C14H14N4O2/c1-8-14(19)16-11-7-9(3-5-12(11)20-8)10-4-6-13(15-2)18-17-10/h3-8H,1-2H3,(H,15,18)(H,16,19). The second-order valence-corrected chi connectivity index (χ2v) is 4.51. The van der Waals surface area contributed by atoms with E-state index in [-0.39, 0.29) is 5.91 Å². The van der Waals surface area contributed by atoms with Crippen molar-refractivity contribution >= 4 is 17.4 Å². The third kappa shape index (κ3) is 2.16. The Bertz CT molecular complexity index is 655. The van der Waals surface area contributed by atoms with Crippen molar-refractivity contribution in [1.29, 1.82) is 0 Å². The maximum absolute atomic E-state index is 11.6. The maximum atomic E-state index is 11.6. The summed E-state index contributed by atoms with van der Waals surface area (Å²) in [5, 5.41) is 13.9. The lowest BCUT2D eigenvalue weighted by molar-refractivity contribution is -0.122. The van der Waals surface area contributed by atoms with Gasteiger partial charge in [0.25, 0.3) is 5.91 Å². The highest BCUT2D eigenvalue weighted by atomic mass is 16.5. The fraction of sp³-hybridized carbons (Fsp3) is 0.214. The van der Waals surface area contributed by atoms with Crippen molar-refractivity contribution in [2.75, 3.05) is 17.7 Å². The summed E-state index contributed by atoms with van der Waals surface area (Å²) >= 11 is 0. The number of benzene rings is 1. The van der Waals surface area contributed by atoms with E-state index >= 15 is 0 Å². The molecule has 6 nitrogen and oxygen atoms in total. The number of amides is 1. The van der Waals surface area contributed by atoms with Gasteiger partial charge in [-0.2, -0.15) is 0 Å². The average molecular weight is 270 g/mol. The topological polar surface area (TPSA) is 76.1 Å². The van der Waals surface area contributed by atoms with E-state index in [0.29, 0.717) is 17.3 Å². The zero-order valence-corrected chi connectivity index (χ0v) is 11.2. The third-order valence-corrected chi connectivity index (χ3v) is 3.13. The summed E-state index contributed by atoms with van der Waals surface area (Å²) in [7, 11) is 1.79. The number of carbonyl (C=O) groups is 1. The number of fused-ring (bicyclic) bond motifs is 1. The summed E-state index contributed by atoms with van der Waals surface area (Å²) in [5.74, 6) is 1.23. The van der Waals surface area contributed by atoms with Crippen LogP contribution in [0.25, 0.3) is 11.3 Å². The molecule has 1 aromatic heterocycles. The highest BCUT2D eigenvalue weighted by Gasteiger charge is 2.23. The first-order chi connectivity index (χ1) is 9.67. The van der Waals surface area contributed by atoms with Crippen molar-refractivity contribution in [2.45, 2.75) is 13.0 Å². The van der Waals surface area contributed by atoms with Crippen LogP contribution in [0.15, 0.2) is 30.3 Å². The van der Waals surface area contributed by atoms with Gasteiger partial charge in [0.05, 0.1) is 11.4 Å². The first-order valence-electron chi connectivity index (χ1n) is 6.31. The van der Waals surface area contributed by atoms with Crippen molar-refractivity contribution < 1.29 is 9.53 Å². The second-order valence-electron chi connectivity index (χ2n) is 4.51. The molecule has 2 aromatic rings. The fourth-order valence-corrected chi connectivity index (χ4v) is 1.99. The van der Waals surface area contributed by atoms with E-state index in [1.807, 2.05) is 30.3 Å². The molecule has 2 heterocycles. The molecule has 1 aromatic carbocycles. The molecule has 0 aliphatic carbocycles. The van der Waals surface area contributed by atoms with Gasteiger partial charge in [-0.3, -0.25) is 4.79 Å². The summed E-state index contributed by atoms with van der Waals surface area (Å²) in [6.45, 7) is 1.72. The van der Waals surface area contributed by atoms with Crippen LogP contribution < -0.4 is 15.4 Å². The van der Waals surface area contributed by atoms with Crippen molar-refractivity contribution in [2.24, 2.45) is 0 Å². The molecule has 6 heteroatoms. The summed E-state index contributed by atoms with van der Waals surface area (Å²) < 4.78 is 5.51. The van der Waals surface area contributed by atoms with Crippen LogP contribution in [0.2, 0.25) is 0 Å². The Balaban J connectivity index is 1.95. The Kier molecular flexibility index (Phi) is 2.98. The van der Waals surface area contributed by atoms with Gasteiger partial charge in [-0.05, 0) is 37.3 Å². The third-order valence-electron chi connectivity index (χ3n) is 3.13. The van der Waals surface area contributed by atoms with Crippen LogP contribution >= 0.6 is 0 Å². The van der Waals surface area contributed by atoms with Crippen molar-refractivity contribution in [3.05, 3.63) is 30.3 Å². The van der Waals surface area contributed by atoms with Crippen LogP contribution in [0.1, 0.15) is 6.92 Å². The summed E-state index contributed by atoms with van der Waals surface area (Å²) in [5.41, 5.74) is 2.27. The zero-order valence-electron chi connectivity index (χ0n) is 11.2. The molecule has 0 bridgehead atoms. The first-order valence-corrected chi connectivity index (χ1v) is 6.31. The molecule has 3 rings (SSSR count). The number of rotatable bonds is 2. The molecule has 1 aliphatic rings. The molecule has 102 valence electrons. The molecule has 1 unspecified atom stereocenters. The predicted octanol–water partition coefficient (Wildman–Crippen LogP) is 1.90. The Morgan fingerprint density at radius 1 is 1.25 bits per heavy atom. The lowest BCUT2D eigenvalue weighted by Crippen LogP contribution is -2.34. The van der Waals surface area contributed by atoms with E-state index in [2.05, 4.69) is 20.8 Å². The van der Waals surface area contributed by atoms with Gasteiger partial charge in [0.2, 0.25) is 0 Å². The Morgan fingerprint density at radius 3 is 2.80 bits per heavy atom. The number of anilines is 2. The molecular weight excluding hydrogens is 256 g/mol. The Hall–Kier alpha value is -2.63. The van der Waals surface area contributed by atoms with Gasteiger partial charge in [0.1, 0.15) is 11.6 Å². The molecule has 0 saturated heterocycles. The minimum absolute atomic E-state index is 0.147. The lowest BCUT2D eigenvalue weighted by Gasteiger charge is -2.23. The monoisotopic (exact) mass is 270 g/mol. The smallest absolute Gasteiger partial charge is 0.265 e. The highest BCUT2D eigenvalue weighted by molar-refractivity contribution is 5.98. The molecule has 0 spiro atoms. The Morgan fingerprint density at radius 2 is 2.10 bits per heavy atom. The second kappa shape index (κ2) is 4.80. The van der Waals surface area contributed by atoms with Crippen LogP contribution in [0.3, 0.4) is 0 Å². The van der Waals surface area contributed by atoms with Crippen molar-refractivity contribution in [1.82, 2.24) is 10.2 Å². The normalized spacial score (nSPS) is 16.9. The predicted molar refractivity (Wildman–Crippen MR) is 75.7 cm³/mol. The lowest BCUT2D eigenvalue weighted by atomic mass is 10.1. The molecule has 2 N–H and O–H groups in total. The van der Waals surface area contributed by atoms with E-state index in [1.54, 1.807) is 14.0 Å². The molecule has 1 amide bonds. The van der Waals surface area contributed by atoms with Crippen LogP contribution in [-0.2, 0) is 4.79 Å². The average Bonchev–Trinajstić information content (AvgIpc) is 2.48. The largest absolute Gasteiger partial charge is 0.479 e. The molecule has 0 fully saturated rings. The molecule has 0 radical (unpaired) electrons. The van der Waals surface area contributed by atoms with Crippen LogP contribution in [-0.4, -0.2) is 29.3 Å². The first kappa shape index (κ1) is 12.4. The summed E-state index contributed by atoms with van der Waals surface area (Å²) in [4.78, 5) is 11.6. The molecule has 1 atom stereocenters. The SMILES string of the molecule is CNc1ccc(-c2ccc3c(c2)NC(=O)C(C)O3)nn1. The van der Waals surface area contributed by atoms with Gasteiger partial charge in [0.15, 0.2) is 6.10 Å². The molecular formula is C14H14N4O2. The van der Waals surface area contributed by atoms with E-state index in [1.165, 1.54) is 0 Å². The van der Waals surface area contributed by atoms with E-state index in [4.69, 9.17) is 4.74 Å². The van der Waals surface area contributed by atoms with Crippen LogP contribution in [0.4, 0.5) is 11.5 Å². The fourth-order valence-electron chi connectivity index (χ4n) is 1.99. The number of carbonyl (C=O) groups excluding carboxylic acids is 1. The van der Waals surface area contributed by atoms with Gasteiger partial charge < -0.3 is 15.4 Å². The molecule has 1 aliphatic heterocycles. The van der Waals surface area contributed by atoms with Gasteiger partial charge in [-0.25, -0.2) is 0 Å². The quantitative estimate of drug-likeness (QED) is 0.871. The highest BCUT2D eigenvalue weighted by Crippen LogP contribution is 2.33. The number of nitrogens with zero attached hydrogens (tertiary/aromatic N) is 2. The molecule has 0 saturated carbocycles. The number of ether oxygens (including phenoxy) is 1. The maximum Gasteiger partial charge on any atom is 0.265 e. The van der Waals surface area contributed by atoms with E-state index in [0.717, 1.165) is 11.3 Å². The van der Waals surface area contributed by atoms with Crippen molar-refractivity contribution in [3.63, 3.8) is 0 Å².